The van der Waals surface area contributed by atoms with Crippen LogP contribution in [0.5, 0.6) is 0 Å². The molecule has 3 heteroatoms. The van der Waals surface area contributed by atoms with Crippen LogP contribution in [0.3, 0.4) is 0 Å². The van der Waals surface area contributed by atoms with Gasteiger partial charge in [0.05, 0.1) is 16.7 Å². The van der Waals surface area contributed by atoms with Crippen LogP contribution in [0.4, 0.5) is 17.1 Å². The van der Waals surface area contributed by atoms with Gasteiger partial charge in [0.1, 0.15) is 11.2 Å². The average Bonchev–Trinajstić information content (AvgIpc) is 4.04. The molecule has 3 nitrogen and oxygen atoms in total. The molecule has 0 radical (unpaired) electrons. The molecule has 350 valence electrons. The summed E-state index contributed by atoms with van der Waals surface area (Å²) in [6.45, 7) is 0. The van der Waals surface area contributed by atoms with Gasteiger partial charge >= 0.3 is 0 Å². The molecular formula is C72H46N2O. The molecule has 0 aliphatic heterocycles. The number of para-hydroxylation sites is 2. The van der Waals surface area contributed by atoms with Crippen molar-refractivity contribution >= 4 is 93.1 Å². The van der Waals surface area contributed by atoms with Gasteiger partial charge in [-0.25, -0.2) is 0 Å². The van der Waals surface area contributed by atoms with Gasteiger partial charge in [-0.05, 0) is 151 Å². The maximum atomic E-state index is 6.70. The zero-order valence-electron chi connectivity index (χ0n) is 40.9. The molecule has 0 fully saturated rings. The van der Waals surface area contributed by atoms with Crippen molar-refractivity contribution in [2.45, 2.75) is 0 Å². The molecule has 75 heavy (non-hydrogen) atoms. The van der Waals surface area contributed by atoms with Crippen molar-refractivity contribution in [1.82, 2.24) is 4.57 Å². The number of nitrogens with zero attached hydrogens (tertiary/aromatic N) is 2. The zero-order valence-corrected chi connectivity index (χ0v) is 40.9. The Kier molecular flexibility index (Phi) is 9.89. The minimum atomic E-state index is 0.878. The third-order valence-corrected chi connectivity index (χ3v) is 15.3. The van der Waals surface area contributed by atoms with E-state index in [1.165, 1.54) is 54.3 Å². The van der Waals surface area contributed by atoms with Crippen LogP contribution in [0.25, 0.3) is 126 Å². The second-order valence-electron chi connectivity index (χ2n) is 19.6. The zero-order chi connectivity index (χ0) is 49.4. The van der Waals surface area contributed by atoms with E-state index in [0.717, 1.165) is 89.0 Å². The summed E-state index contributed by atoms with van der Waals surface area (Å²) in [5, 5.41) is 12.1. The summed E-state index contributed by atoms with van der Waals surface area (Å²) in [6.07, 6.45) is 0. The SMILES string of the molecule is c1ccc(-c2cc(-c3ccc4c(ccc5ccccc54)c3)ccc2N(c2ccc(-c3cccc(-n4c5ccccc5c5ccccc54)c3)cc2)c2cccc(-c3ccc4c(c3)oc3c5ccccc5ccc43)c2)cc1. The number of benzene rings is 13. The number of fused-ring (bicyclic) bond motifs is 11. The average molecular weight is 955 g/mol. The van der Waals surface area contributed by atoms with Gasteiger partial charge in [-0.2, -0.15) is 0 Å². The van der Waals surface area contributed by atoms with E-state index in [0.29, 0.717) is 0 Å². The first kappa shape index (κ1) is 42.7. The van der Waals surface area contributed by atoms with Crippen LogP contribution >= 0.6 is 0 Å². The van der Waals surface area contributed by atoms with Crippen LogP contribution in [-0.2, 0) is 0 Å². The fraction of sp³-hybridized carbons (Fsp3) is 0. The standard InChI is InChI=1S/C72H46N2O/c1-2-14-48(15-3-1)67-45-54(53-33-38-61-56(42-53)29-28-49-16-4-6-22-60(49)61)35-41-70(67)73(58-20-13-19-52(44-58)55-34-39-65-66-40-32-50-17-5-7-23-62(50)72(66)75-71(65)46-55)57-36-30-47(31-37-57)51-18-12-21-59(43-51)74-68-26-10-8-24-63(68)64-25-9-11-27-69(64)74/h1-46H. The summed E-state index contributed by atoms with van der Waals surface area (Å²) in [6, 6.07) is 102. The number of furan rings is 1. The van der Waals surface area contributed by atoms with Gasteiger partial charge in [0.2, 0.25) is 0 Å². The summed E-state index contributed by atoms with van der Waals surface area (Å²) < 4.78 is 9.09. The first-order chi connectivity index (χ1) is 37.2. The van der Waals surface area contributed by atoms with E-state index >= 15 is 0 Å². The van der Waals surface area contributed by atoms with Gasteiger partial charge in [0, 0.05) is 49.6 Å². The maximum Gasteiger partial charge on any atom is 0.143 e. The predicted octanol–water partition coefficient (Wildman–Crippen LogP) is 20.3. The Hall–Kier alpha value is -9.96. The number of hydrogen-bond acceptors (Lipinski definition) is 2. The van der Waals surface area contributed by atoms with Crippen LogP contribution in [0, 0.1) is 0 Å². The minimum absolute atomic E-state index is 0.878. The fourth-order valence-corrected chi connectivity index (χ4v) is 11.7. The van der Waals surface area contributed by atoms with Crippen LogP contribution in [0.15, 0.2) is 283 Å². The predicted molar refractivity (Wildman–Crippen MR) is 317 cm³/mol. The molecule has 2 aromatic heterocycles. The van der Waals surface area contributed by atoms with Crippen molar-refractivity contribution in [2.75, 3.05) is 4.90 Å². The molecule has 13 aromatic carbocycles. The quantitative estimate of drug-likeness (QED) is 0.142. The lowest BCUT2D eigenvalue weighted by molar-refractivity contribution is 0.673. The first-order valence-electron chi connectivity index (χ1n) is 25.7. The molecule has 0 atom stereocenters. The number of rotatable bonds is 8. The van der Waals surface area contributed by atoms with E-state index in [1.54, 1.807) is 0 Å². The molecule has 0 aliphatic carbocycles. The fourth-order valence-electron chi connectivity index (χ4n) is 11.7. The monoisotopic (exact) mass is 954 g/mol. The number of hydrogen-bond donors (Lipinski definition) is 0. The smallest absolute Gasteiger partial charge is 0.143 e. The summed E-state index contributed by atoms with van der Waals surface area (Å²) in [5.74, 6) is 0. The largest absolute Gasteiger partial charge is 0.455 e. The van der Waals surface area contributed by atoms with E-state index in [1.807, 2.05) is 0 Å². The topological polar surface area (TPSA) is 21.3 Å². The van der Waals surface area contributed by atoms with Crippen molar-refractivity contribution in [3.8, 4) is 50.2 Å². The lowest BCUT2D eigenvalue weighted by Gasteiger charge is -2.29. The number of anilines is 3. The highest BCUT2D eigenvalue weighted by Gasteiger charge is 2.21. The molecule has 0 N–H and O–H groups in total. The van der Waals surface area contributed by atoms with Crippen molar-refractivity contribution in [2.24, 2.45) is 0 Å². The molecule has 15 aromatic rings. The summed E-state index contributed by atoms with van der Waals surface area (Å²) in [5.41, 5.74) is 17.6. The van der Waals surface area contributed by atoms with Crippen molar-refractivity contribution in [3.63, 3.8) is 0 Å². The van der Waals surface area contributed by atoms with E-state index in [2.05, 4.69) is 289 Å². The van der Waals surface area contributed by atoms with Crippen molar-refractivity contribution in [1.29, 1.82) is 0 Å². The molecule has 0 saturated heterocycles. The van der Waals surface area contributed by atoms with Crippen LogP contribution in [-0.4, -0.2) is 4.57 Å². The third kappa shape index (κ3) is 7.20. The molecule has 0 unspecified atom stereocenters. The molecule has 0 saturated carbocycles. The highest BCUT2D eigenvalue weighted by Crippen LogP contribution is 2.45. The summed E-state index contributed by atoms with van der Waals surface area (Å²) >= 11 is 0. The van der Waals surface area contributed by atoms with Crippen LogP contribution < -0.4 is 4.90 Å². The molecule has 0 aliphatic rings. The Morgan fingerprint density at radius 1 is 0.280 bits per heavy atom. The summed E-state index contributed by atoms with van der Waals surface area (Å²) in [7, 11) is 0. The molecular weight excluding hydrogens is 909 g/mol. The Labute approximate surface area is 434 Å². The highest BCUT2D eigenvalue weighted by atomic mass is 16.3. The minimum Gasteiger partial charge on any atom is -0.455 e. The third-order valence-electron chi connectivity index (χ3n) is 15.3. The molecule has 2 heterocycles. The molecule has 0 bridgehead atoms. The molecule has 0 spiro atoms. The Balaban J connectivity index is 0.874. The van der Waals surface area contributed by atoms with E-state index in [9.17, 15) is 0 Å². The molecule has 0 amide bonds. The van der Waals surface area contributed by atoms with Crippen molar-refractivity contribution < 1.29 is 4.42 Å². The Morgan fingerprint density at radius 2 is 0.813 bits per heavy atom. The number of aromatic nitrogens is 1. The highest BCUT2D eigenvalue weighted by molar-refractivity contribution is 6.16. The Morgan fingerprint density at radius 3 is 1.60 bits per heavy atom. The second kappa shape index (κ2) is 17.4. The Bertz CT molecular complexity index is 4660. The van der Waals surface area contributed by atoms with Crippen molar-refractivity contribution in [3.05, 3.63) is 279 Å². The maximum absolute atomic E-state index is 6.70. The van der Waals surface area contributed by atoms with E-state index < -0.39 is 0 Å². The molecule has 15 rings (SSSR count). The van der Waals surface area contributed by atoms with E-state index in [-0.39, 0.29) is 0 Å². The normalized spacial score (nSPS) is 11.7. The lowest BCUT2D eigenvalue weighted by Crippen LogP contribution is -2.11. The van der Waals surface area contributed by atoms with Gasteiger partial charge in [-0.1, -0.05) is 194 Å². The summed E-state index contributed by atoms with van der Waals surface area (Å²) in [4.78, 5) is 2.42. The van der Waals surface area contributed by atoms with Gasteiger partial charge < -0.3 is 13.9 Å². The van der Waals surface area contributed by atoms with Gasteiger partial charge in [0.25, 0.3) is 0 Å². The van der Waals surface area contributed by atoms with Gasteiger partial charge in [-0.3, -0.25) is 0 Å². The van der Waals surface area contributed by atoms with Gasteiger partial charge in [0.15, 0.2) is 0 Å². The lowest BCUT2D eigenvalue weighted by atomic mass is 9.94. The first-order valence-corrected chi connectivity index (χ1v) is 25.7. The van der Waals surface area contributed by atoms with Crippen LogP contribution in [0.2, 0.25) is 0 Å². The second-order valence-corrected chi connectivity index (χ2v) is 19.6. The van der Waals surface area contributed by atoms with E-state index in [4.69, 9.17) is 4.42 Å². The van der Waals surface area contributed by atoms with Gasteiger partial charge in [-0.15, -0.1) is 0 Å². The van der Waals surface area contributed by atoms with Crippen LogP contribution in [0.1, 0.15) is 0 Å².